The van der Waals surface area contributed by atoms with E-state index in [1.807, 2.05) is 0 Å². The highest BCUT2D eigenvalue weighted by molar-refractivity contribution is 5.08. The van der Waals surface area contributed by atoms with Gasteiger partial charge in [0.15, 0.2) is 0 Å². The van der Waals surface area contributed by atoms with Crippen molar-refractivity contribution in [1.29, 1.82) is 0 Å². The van der Waals surface area contributed by atoms with E-state index in [1.54, 1.807) is 5.57 Å². The third kappa shape index (κ3) is 3.13. The van der Waals surface area contributed by atoms with Crippen LogP contribution < -0.4 is 0 Å². The molecule has 0 aliphatic heterocycles. The van der Waals surface area contributed by atoms with Crippen molar-refractivity contribution in [1.82, 2.24) is 0 Å². The van der Waals surface area contributed by atoms with Crippen LogP contribution >= 0.6 is 0 Å². The molecule has 0 bridgehead atoms. The molecule has 0 saturated carbocycles. The molecule has 1 aliphatic carbocycles. The van der Waals surface area contributed by atoms with Crippen molar-refractivity contribution < 1.29 is 4.48 Å². The van der Waals surface area contributed by atoms with Gasteiger partial charge in [-0.25, -0.2) is 0 Å². The average Bonchev–Trinajstić information content (AvgIpc) is 1.95. The first kappa shape index (κ1) is 11.8. The van der Waals surface area contributed by atoms with Crippen LogP contribution in [-0.4, -0.2) is 32.2 Å². The molecule has 0 unspecified atom stereocenters. The molecule has 1 aliphatic rings. The Kier molecular flexibility index (Phi) is 3.41. The SMILES string of the molecule is CC1=C[C@@H](C)[C@H](C[N+](C)(C)C)[C@@H](C)C1. The summed E-state index contributed by atoms with van der Waals surface area (Å²) in [5.41, 5.74) is 1.59. The number of rotatable bonds is 2. The molecule has 0 spiro atoms. The molecule has 0 fully saturated rings. The van der Waals surface area contributed by atoms with Crippen molar-refractivity contribution in [2.75, 3.05) is 27.7 Å². The number of hydrogen-bond acceptors (Lipinski definition) is 0. The monoisotopic (exact) mass is 196 g/mol. The van der Waals surface area contributed by atoms with Crippen LogP contribution in [0.25, 0.3) is 0 Å². The second kappa shape index (κ2) is 4.06. The highest BCUT2D eigenvalue weighted by Crippen LogP contribution is 2.34. The summed E-state index contributed by atoms with van der Waals surface area (Å²) in [6.45, 7) is 8.36. The molecule has 0 saturated heterocycles. The van der Waals surface area contributed by atoms with E-state index in [0.29, 0.717) is 0 Å². The summed E-state index contributed by atoms with van der Waals surface area (Å²) in [5, 5.41) is 0. The lowest BCUT2D eigenvalue weighted by Crippen LogP contribution is -2.43. The molecule has 0 heterocycles. The first-order chi connectivity index (χ1) is 6.29. The van der Waals surface area contributed by atoms with Gasteiger partial charge in [-0.2, -0.15) is 0 Å². The van der Waals surface area contributed by atoms with Crippen molar-refractivity contribution in [3.8, 4) is 0 Å². The predicted molar refractivity (Wildman–Crippen MR) is 63.1 cm³/mol. The van der Waals surface area contributed by atoms with Crippen molar-refractivity contribution in [3.63, 3.8) is 0 Å². The van der Waals surface area contributed by atoms with Crippen molar-refractivity contribution in [2.45, 2.75) is 27.2 Å². The van der Waals surface area contributed by atoms with Gasteiger partial charge in [0.1, 0.15) is 0 Å². The van der Waals surface area contributed by atoms with E-state index in [1.165, 1.54) is 13.0 Å². The molecule has 1 nitrogen and oxygen atoms in total. The van der Waals surface area contributed by atoms with Gasteiger partial charge in [-0.3, -0.25) is 0 Å². The lowest BCUT2D eigenvalue weighted by atomic mass is 9.74. The summed E-state index contributed by atoms with van der Waals surface area (Å²) in [5.74, 6) is 2.47. The summed E-state index contributed by atoms with van der Waals surface area (Å²) >= 11 is 0. The topological polar surface area (TPSA) is 0 Å². The molecule has 0 N–H and O–H groups in total. The molecule has 82 valence electrons. The number of allylic oxidation sites excluding steroid dienone is 2. The van der Waals surface area contributed by atoms with Crippen LogP contribution in [0.15, 0.2) is 11.6 Å². The summed E-state index contributed by atoms with van der Waals surface area (Å²) in [7, 11) is 6.89. The molecule has 0 aromatic rings. The maximum absolute atomic E-state index is 2.47. The second-order valence-corrected chi connectivity index (χ2v) is 6.19. The first-order valence-corrected chi connectivity index (χ1v) is 5.77. The molecule has 1 rings (SSSR count). The Labute approximate surface area is 89.4 Å². The molecular formula is C13H26N+. The number of hydrogen-bond donors (Lipinski definition) is 0. The van der Waals surface area contributed by atoms with E-state index in [-0.39, 0.29) is 0 Å². The predicted octanol–water partition coefficient (Wildman–Crippen LogP) is 2.93. The molecule has 0 radical (unpaired) electrons. The Balaban J connectivity index is 2.69. The summed E-state index contributed by atoms with van der Waals surface area (Å²) in [6, 6.07) is 0. The Hall–Kier alpha value is -0.300. The zero-order valence-electron chi connectivity index (χ0n) is 10.7. The van der Waals surface area contributed by atoms with Gasteiger partial charge < -0.3 is 4.48 Å². The van der Waals surface area contributed by atoms with E-state index >= 15 is 0 Å². The Bertz CT molecular complexity index is 222. The second-order valence-electron chi connectivity index (χ2n) is 6.19. The van der Waals surface area contributed by atoms with Crippen LogP contribution in [-0.2, 0) is 0 Å². The van der Waals surface area contributed by atoms with Gasteiger partial charge >= 0.3 is 0 Å². The molecule has 3 atom stereocenters. The van der Waals surface area contributed by atoms with Crippen molar-refractivity contribution >= 4 is 0 Å². The Morgan fingerprint density at radius 3 is 2.29 bits per heavy atom. The van der Waals surface area contributed by atoms with Crippen LogP contribution in [0.4, 0.5) is 0 Å². The van der Waals surface area contributed by atoms with Crippen LogP contribution in [0.3, 0.4) is 0 Å². The fourth-order valence-corrected chi connectivity index (χ4v) is 2.80. The summed E-state index contributed by atoms with van der Waals surface area (Å²) < 4.78 is 1.09. The van der Waals surface area contributed by atoms with Gasteiger partial charge in [0.25, 0.3) is 0 Å². The smallest absolute Gasteiger partial charge is 0.0817 e. The lowest BCUT2D eigenvalue weighted by Gasteiger charge is -2.37. The molecular weight excluding hydrogens is 170 g/mol. The largest absolute Gasteiger partial charge is 0.331 e. The molecule has 14 heavy (non-hydrogen) atoms. The van der Waals surface area contributed by atoms with Crippen molar-refractivity contribution in [2.24, 2.45) is 17.8 Å². The zero-order chi connectivity index (χ0) is 10.9. The molecule has 1 heteroatoms. The zero-order valence-corrected chi connectivity index (χ0v) is 10.7. The third-order valence-electron chi connectivity index (χ3n) is 3.36. The van der Waals surface area contributed by atoms with E-state index in [4.69, 9.17) is 0 Å². The Morgan fingerprint density at radius 1 is 1.29 bits per heavy atom. The van der Waals surface area contributed by atoms with Crippen LogP contribution in [0, 0.1) is 17.8 Å². The quantitative estimate of drug-likeness (QED) is 0.470. The van der Waals surface area contributed by atoms with Gasteiger partial charge in [-0.1, -0.05) is 25.5 Å². The van der Waals surface area contributed by atoms with Gasteiger partial charge in [-0.05, 0) is 25.2 Å². The molecule has 0 amide bonds. The third-order valence-corrected chi connectivity index (χ3v) is 3.36. The minimum Gasteiger partial charge on any atom is -0.331 e. The van der Waals surface area contributed by atoms with E-state index < -0.39 is 0 Å². The number of quaternary nitrogens is 1. The molecule has 0 aromatic carbocycles. The fraction of sp³-hybridized carbons (Fsp3) is 0.846. The maximum atomic E-state index is 2.47. The Morgan fingerprint density at radius 2 is 1.86 bits per heavy atom. The van der Waals surface area contributed by atoms with Gasteiger partial charge in [0.05, 0.1) is 27.7 Å². The van der Waals surface area contributed by atoms with Crippen LogP contribution in [0.2, 0.25) is 0 Å². The standard InChI is InChI=1S/C13H26N/c1-10-7-11(2)13(12(3)8-10)9-14(4,5)6/h7,11-13H,8-9H2,1-6H3/q+1/t11-,12+,13+/m1/s1. The highest BCUT2D eigenvalue weighted by atomic mass is 15.3. The van der Waals surface area contributed by atoms with E-state index in [2.05, 4.69) is 48.0 Å². The highest BCUT2D eigenvalue weighted by Gasteiger charge is 2.30. The first-order valence-electron chi connectivity index (χ1n) is 5.77. The van der Waals surface area contributed by atoms with Crippen LogP contribution in [0.5, 0.6) is 0 Å². The molecule has 0 aromatic heterocycles. The average molecular weight is 196 g/mol. The summed E-state index contributed by atoms with van der Waals surface area (Å²) in [6.07, 6.45) is 3.77. The van der Waals surface area contributed by atoms with Gasteiger partial charge in [0, 0.05) is 5.92 Å². The van der Waals surface area contributed by atoms with Crippen LogP contribution in [0.1, 0.15) is 27.2 Å². The van der Waals surface area contributed by atoms with E-state index in [0.717, 1.165) is 22.2 Å². The van der Waals surface area contributed by atoms with Gasteiger partial charge in [-0.15, -0.1) is 0 Å². The van der Waals surface area contributed by atoms with E-state index in [9.17, 15) is 0 Å². The van der Waals surface area contributed by atoms with Crippen molar-refractivity contribution in [3.05, 3.63) is 11.6 Å². The number of nitrogens with zero attached hydrogens (tertiary/aromatic N) is 1. The minimum atomic E-state index is 0.760. The summed E-state index contributed by atoms with van der Waals surface area (Å²) in [4.78, 5) is 0. The fourth-order valence-electron chi connectivity index (χ4n) is 2.80. The lowest BCUT2D eigenvalue weighted by molar-refractivity contribution is -0.874. The minimum absolute atomic E-state index is 0.760. The van der Waals surface area contributed by atoms with Gasteiger partial charge in [0.2, 0.25) is 0 Å². The maximum Gasteiger partial charge on any atom is 0.0817 e. The normalized spacial score (nSPS) is 34.1.